The molecule has 0 aliphatic carbocycles. The van der Waals surface area contributed by atoms with Gasteiger partial charge in [-0.25, -0.2) is 0 Å². The van der Waals surface area contributed by atoms with E-state index in [1.165, 1.54) is 24.7 Å². The van der Waals surface area contributed by atoms with Gasteiger partial charge in [-0.15, -0.1) is 0 Å². The number of hydrogen-bond donors (Lipinski definition) is 1. The number of rotatable bonds is 6. The maximum absolute atomic E-state index is 12.4. The zero-order valence-electron chi connectivity index (χ0n) is 17.8. The molecular formula is C24H21N5O4. The highest BCUT2D eigenvalue weighted by Gasteiger charge is 2.17. The van der Waals surface area contributed by atoms with Crippen LogP contribution in [0.15, 0.2) is 91.6 Å². The van der Waals surface area contributed by atoms with Gasteiger partial charge in [-0.1, -0.05) is 18.2 Å². The summed E-state index contributed by atoms with van der Waals surface area (Å²) in [5.74, 6) is -0.567. The highest BCUT2D eigenvalue weighted by molar-refractivity contribution is 6.04. The number of nitrogens with zero attached hydrogens (tertiary/aromatic N) is 4. The average molecular weight is 443 g/mol. The minimum atomic E-state index is -0.598. The Morgan fingerprint density at radius 2 is 1.67 bits per heavy atom. The minimum Gasteiger partial charge on any atom is -0.481 e. The number of nitro groups is 1. The number of hydrogen-bond acceptors (Lipinski definition) is 7. The summed E-state index contributed by atoms with van der Waals surface area (Å²) in [6, 6.07) is 17.4. The van der Waals surface area contributed by atoms with E-state index in [0.717, 1.165) is 11.1 Å². The van der Waals surface area contributed by atoms with E-state index >= 15 is 0 Å². The zero-order chi connectivity index (χ0) is 23.5. The van der Waals surface area contributed by atoms with Gasteiger partial charge in [0.25, 0.3) is 5.91 Å². The Bertz CT molecular complexity index is 1180. The number of pyridine rings is 3. The van der Waals surface area contributed by atoms with Crippen molar-refractivity contribution in [2.75, 3.05) is 5.32 Å². The van der Waals surface area contributed by atoms with Crippen LogP contribution in [0.2, 0.25) is 0 Å². The lowest BCUT2D eigenvalue weighted by Gasteiger charge is -2.14. The van der Waals surface area contributed by atoms with Gasteiger partial charge in [-0.2, -0.15) is 0 Å². The predicted molar refractivity (Wildman–Crippen MR) is 123 cm³/mol. The molecule has 0 saturated carbocycles. The summed E-state index contributed by atoms with van der Waals surface area (Å²) in [5, 5.41) is 13.9. The van der Waals surface area contributed by atoms with E-state index in [4.69, 9.17) is 4.74 Å². The predicted octanol–water partition coefficient (Wildman–Crippen LogP) is 4.61. The molecule has 4 aromatic rings. The Balaban J connectivity index is 0.000000442. The molecule has 3 aromatic heterocycles. The summed E-state index contributed by atoms with van der Waals surface area (Å²) in [7, 11) is 0. The van der Waals surface area contributed by atoms with Gasteiger partial charge < -0.3 is 20.2 Å². The van der Waals surface area contributed by atoms with Crippen LogP contribution in [0.5, 0.6) is 5.75 Å². The van der Waals surface area contributed by atoms with Crippen LogP contribution in [0.4, 0.5) is 11.5 Å². The summed E-state index contributed by atoms with van der Waals surface area (Å²) < 4.78 is 5.63. The molecular weight excluding hydrogens is 422 g/mol. The molecule has 0 saturated heterocycles. The molecule has 1 amide bonds. The molecule has 3 heterocycles. The van der Waals surface area contributed by atoms with Crippen LogP contribution in [0.3, 0.4) is 0 Å². The summed E-state index contributed by atoms with van der Waals surface area (Å²) in [5.41, 5.74) is 2.65. The average Bonchev–Trinajstić information content (AvgIpc) is 2.86. The molecule has 0 aliphatic heterocycles. The van der Waals surface area contributed by atoms with Gasteiger partial charge >= 0.3 is 5.82 Å². The van der Waals surface area contributed by atoms with Gasteiger partial charge in [0.1, 0.15) is 12.8 Å². The molecule has 0 spiro atoms. The lowest BCUT2D eigenvalue weighted by Crippen LogP contribution is -2.14. The number of carbonyl (C=O) groups excluding carboxylic acids is 1. The normalized spacial score (nSPS) is 9.85. The number of amides is 1. The molecule has 0 radical (unpaired) electrons. The number of benzene rings is 1. The van der Waals surface area contributed by atoms with Crippen molar-refractivity contribution in [1.29, 1.82) is 0 Å². The summed E-state index contributed by atoms with van der Waals surface area (Å²) >= 11 is 0. The standard InChI is InChI=1S/C19H16N4O4.C5H5N/c1-13-4-2-5-16(22-19(24)14-7-10-20-11-8-14)15(13)12-27-17-6-3-9-21-18(17)23(25)26;1-2-4-6-5-3-1/h2-11H,12H2,1H3,(H,22,24);1-5H. The molecule has 0 aliphatic rings. The van der Waals surface area contributed by atoms with Gasteiger partial charge in [-0.3, -0.25) is 14.8 Å². The summed E-state index contributed by atoms with van der Waals surface area (Å²) in [6.45, 7) is 1.92. The first kappa shape index (κ1) is 23.0. The second kappa shape index (κ2) is 11.7. The van der Waals surface area contributed by atoms with Crippen molar-refractivity contribution in [1.82, 2.24) is 15.0 Å². The number of carbonyl (C=O) groups is 1. The molecule has 9 heteroatoms. The quantitative estimate of drug-likeness (QED) is 0.341. The topological polar surface area (TPSA) is 120 Å². The van der Waals surface area contributed by atoms with E-state index in [1.54, 1.807) is 36.7 Å². The molecule has 0 unspecified atom stereocenters. The summed E-state index contributed by atoms with van der Waals surface area (Å²) in [6.07, 6.45) is 7.91. The minimum absolute atomic E-state index is 0.0468. The lowest BCUT2D eigenvalue weighted by atomic mass is 10.1. The largest absolute Gasteiger partial charge is 0.481 e. The van der Waals surface area contributed by atoms with Crippen LogP contribution < -0.4 is 10.1 Å². The van der Waals surface area contributed by atoms with Crippen LogP contribution in [-0.2, 0) is 6.61 Å². The Morgan fingerprint density at radius 1 is 0.939 bits per heavy atom. The van der Waals surface area contributed by atoms with E-state index in [0.29, 0.717) is 11.3 Å². The summed E-state index contributed by atoms with van der Waals surface area (Å²) in [4.78, 5) is 34.3. The molecule has 0 atom stereocenters. The first-order valence-corrected chi connectivity index (χ1v) is 9.93. The van der Waals surface area contributed by atoms with E-state index in [2.05, 4.69) is 20.3 Å². The third kappa shape index (κ3) is 6.66. The second-order valence-corrected chi connectivity index (χ2v) is 6.69. The van der Waals surface area contributed by atoms with Gasteiger partial charge in [0.2, 0.25) is 5.75 Å². The van der Waals surface area contributed by atoms with Crippen LogP contribution >= 0.6 is 0 Å². The molecule has 33 heavy (non-hydrogen) atoms. The fourth-order valence-corrected chi connectivity index (χ4v) is 2.80. The number of aromatic nitrogens is 3. The Hall–Kier alpha value is -4.66. The molecule has 0 fully saturated rings. The fraction of sp³-hybridized carbons (Fsp3) is 0.0833. The highest BCUT2D eigenvalue weighted by Crippen LogP contribution is 2.27. The maximum Gasteiger partial charge on any atom is 0.406 e. The Kier molecular flexibility index (Phi) is 8.13. The lowest BCUT2D eigenvalue weighted by molar-refractivity contribution is -0.390. The van der Waals surface area contributed by atoms with Crippen molar-refractivity contribution < 1.29 is 14.5 Å². The molecule has 1 aromatic carbocycles. The number of anilines is 1. The Morgan fingerprint density at radius 3 is 2.30 bits per heavy atom. The van der Waals surface area contributed by atoms with Crippen molar-refractivity contribution in [2.24, 2.45) is 0 Å². The zero-order valence-corrected chi connectivity index (χ0v) is 17.8. The SMILES string of the molecule is Cc1cccc(NC(=O)c2ccncc2)c1COc1cccnc1[N+](=O)[O-].c1ccncc1. The van der Waals surface area contributed by atoms with Gasteiger partial charge in [0.15, 0.2) is 0 Å². The fourth-order valence-electron chi connectivity index (χ4n) is 2.80. The monoisotopic (exact) mass is 443 g/mol. The molecule has 9 nitrogen and oxygen atoms in total. The number of nitrogens with one attached hydrogen (secondary N) is 1. The van der Waals surface area contributed by atoms with E-state index in [9.17, 15) is 14.9 Å². The van der Waals surface area contributed by atoms with Gasteiger partial charge in [-0.05, 0) is 64.9 Å². The first-order valence-electron chi connectivity index (χ1n) is 9.93. The molecule has 1 N–H and O–H groups in total. The van der Waals surface area contributed by atoms with E-state index in [-0.39, 0.29) is 24.1 Å². The second-order valence-electron chi connectivity index (χ2n) is 6.69. The van der Waals surface area contributed by atoms with E-state index in [1.807, 2.05) is 37.3 Å². The van der Waals surface area contributed by atoms with Crippen molar-refractivity contribution in [2.45, 2.75) is 13.5 Å². The molecule has 166 valence electrons. The number of aryl methyl sites for hydroxylation is 1. The Labute approximate surface area is 190 Å². The van der Waals surface area contributed by atoms with Crippen LogP contribution in [0.25, 0.3) is 0 Å². The van der Waals surface area contributed by atoms with Gasteiger partial charge in [0, 0.05) is 41.6 Å². The van der Waals surface area contributed by atoms with Crippen LogP contribution in [0, 0.1) is 17.0 Å². The van der Waals surface area contributed by atoms with Gasteiger partial charge in [0.05, 0.1) is 0 Å². The smallest absolute Gasteiger partial charge is 0.406 e. The van der Waals surface area contributed by atoms with Crippen LogP contribution in [-0.4, -0.2) is 25.8 Å². The van der Waals surface area contributed by atoms with Crippen molar-refractivity contribution in [3.63, 3.8) is 0 Å². The van der Waals surface area contributed by atoms with E-state index < -0.39 is 4.92 Å². The van der Waals surface area contributed by atoms with Crippen molar-refractivity contribution in [3.8, 4) is 5.75 Å². The third-order valence-electron chi connectivity index (χ3n) is 4.46. The van der Waals surface area contributed by atoms with Crippen LogP contribution in [0.1, 0.15) is 21.5 Å². The molecule has 0 bridgehead atoms. The maximum atomic E-state index is 12.4. The third-order valence-corrected chi connectivity index (χ3v) is 4.46. The first-order chi connectivity index (χ1) is 16.1. The molecule has 4 rings (SSSR count). The van der Waals surface area contributed by atoms with Crippen molar-refractivity contribution in [3.05, 3.63) is 118 Å². The van der Waals surface area contributed by atoms with Crippen molar-refractivity contribution >= 4 is 17.4 Å². The number of ether oxygens (including phenoxy) is 1. The highest BCUT2D eigenvalue weighted by atomic mass is 16.6.